The van der Waals surface area contributed by atoms with Gasteiger partial charge in [-0.2, -0.15) is 4.98 Å². The fourth-order valence-electron chi connectivity index (χ4n) is 2.40. The van der Waals surface area contributed by atoms with Crippen LogP contribution in [0.25, 0.3) is 0 Å². The van der Waals surface area contributed by atoms with Crippen LogP contribution < -0.4 is 11.2 Å². The van der Waals surface area contributed by atoms with Crippen molar-refractivity contribution in [2.75, 3.05) is 5.48 Å². The number of aromatic nitrogens is 2. The van der Waals surface area contributed by atoms with Gasteiger partial charge in [0.05, 0.1) is 6.10 Å². The maximum Gasteiger partial charge on any atom is 0.351 e. The second-order valence-corrected chi connectivity index (χ2v) is 6.43. The van der Waals surface area contributed by atoms with Crippen LogP contribution in [0.1, 0.15) is 33.4 Å². The fraction of sp³-hybridized carbons (Fsp3) is 0.692. The van der Waals surface area contributed by atoms with Gasteiger partial charge in [-0.05, 0) is 17.9 Å². The third kappa shape index (κ3) is 3.41. The molecule has 4 N–H and O–H groups in total. The van der Waals surface area contributed by atoms with Crippen molar-refractivity contribution in [2.24, 2.45) is 5.41 Å². The molecule has 4 atom stereocenters. The van der Waals surface area contributed by atoms with Gasteiger partial charge in [-0.25, -0.2) is 4.79 Å². The Morgan fingerprint density at radius 2 is 2.05 bits per heavy atom. The molecule has 21 heavy (non-hydrogen) atoms. The number of nitrogens with one attached hydrogen (secondary N) is 1. The monoisotopic (exact) mass is 299 g/mol. The van der Waals surface area contributed by atoms with E-state index in [1.54, 1.807) is 5.48 Å². The average molecular weight is 299 g/mol. The molecule has 2 unspecified atom stereocenters. The predicted octanol–water partition coefficient (Wildman–Crippen LogP) is 0.0998. The first-order chi connectivity index (χ1) is 9.73. The van der Waals surface area contributed by atoms with Crippen LogP contribution in [0.4, 0.5) is 5.82 Å². The van der Waals surface area contributed by atoms with Crippen LogP contribution in [0.15, 0.2) is 17.1 Å². The Balaban J connectivity index is 2.23. The SMILES string of the molecule is CC(C)(C)C[C@H]1O[C@@H](n2ccc(NO)nc2=O)C(O)C1O. The number of hydrogen-bond acceptors (Lipinski definition) is 7. The number of nitrogens with zero attached hydrogens (tertiary/aromatic N) is 2. The standard InChI is InChI=1S/C13H21N3O5/c1-13(2,3)6-7-9(17)10(18)11(21-7)16-5-4-8(15-20)14-12(16)19/h4-5,7,9-11,17-18,20H,6H2,1-3H3,(H,14,15,19)/t7-,9?,10?,11-/m1/s1. The lowest BCUT2D eigenvalue weighted by molar-refractivity contribution is -0.0499. The molecule has 8 heteroatoms. The van der Waals surface area contributed by atoms with Gasteiger partial charge < -0.3 is 14.9 Å². The summed E-state index contributed by atoms with van der Waals surface area (Å²) in [5.41, 5.74) is 0.986. The summed E-state index contributed by atoms with van der Waals surface area (Å²) in [6.45, 7) is 5.99. The Hall–Kier alpha value is -1.48. The van der Waals surface area contributed by atoms with Crippen molar-refractivity contribution in [2.45, 2.75) is 51.7 Å². The molecule has 0 aromatic carbocycles. The lowest BCUT2D eigenvalue weighted by atomic mass is 9.87. The van der Waals surface area contributed by atoms with Crippen molar-refractivity contribution in [1.82, 2.24) is 9.55 Å². The molecule has 0 radical (unpaired) electrons. The zero-order valence-corrected chi connectivity index (χ0v) is 12.2. The topological polar surface area (TPSA) is 117 Å². The van der Waals surface area contributed by atoms with E-state index in [1.807, 2.05) is 20.8 Å². The van der Waals surface area contributed by atoms with E-state index in [4.69, 9.17) is 9.94 Å². The van der Waals surface area contributed by atoms with E-state index < -0.39 is 30.2 Å². The van der Waals surface area contributed by atoms with Gasteiger partial charge in [-0.1, -0.05) is 20.8 Å². The van der Waals surface area contributed by atoms with E-state index in [1.165, 1.54) is 12.3 Å². The summed E-state index contributed by atoms with van der Waals surface area (Å²) in [5.74, 6) is -0.00414. The molecule has 0 spiro atoms. The third-order valence-corrected chi connectivity index (χ3v) is 3.37. The summed E-state index contributed by atoms with van der Waals surface area (Å²) in [5, 5.41) is 28.9. The summed E-state index contributed by atoms with van der Waals surface area (Å²) in [4.78, 5) is 15.4. The normalized spacial score (nSPS) is 29.6. The van der Waals surface area contributed by atoms with Crippen molar-refractivity contribution in [1.29, 1.82) is 0 Å². The maximum atomic E-state index is 11.9. The Morgan fingerprint density at radius 3 is 2.57 bits per heavy atom. The van der Waals surface area contributed by atoms with E-state index in [-0.39, 0.29) is 11.2 Å². The molecule has 0 bridgehead atoms. The number of ether oxygens (including phenoxy) is 1. The number of aliphatic hydroxyl groups is 2. The van der Waals surface area contributed by atoms with E-state index >= 15 is 0 Å². The summed E-state index contributed by atoms with van der Waals surface area (Å²) < 4.78 is 6.74. The van der Waals surface area contributed by atoms with E-state index in [0.717, 1.165) is 4.57 Å². The number of hydrogen-bond donors (Lipinski definition) is 4. The Morgan fingerprint density at radius 1 is 1.38 bits per heavy atom. The van der Waals surface area contributed by atoms with Crippen molar-refractivity contribution in [3.63, 3.8) is 0 Å². The molecular formula is C13H21N3O5. The molecule has 118 valence electrons. The van der Waals surface area contributed by atoms with Crippen LogP contribution in [0.3, 0.4) is 0 Å². The van der Waals surface area contributed by atoms with Crippen LogP contribution in [0.5, 0.6) is 0 Å². The molecule has 1 fully saturated rings. The quantitative estimate of drug-likeness (QED) is 0.585. The molecule has 0 amide bonds. The number of anilines is 1. The van der Waals surface area contributed by atoms with Crippen molar-refractivity contribution < 1.29 is 20.2 Å². The molecular weight excluding hydrogens is 278 g/mol. The predicted molar refractivity (Wildman–Crippen MR) is 73.9 cm³/mol. The lowest BCUT2D eigenvalue weighted by Gasteiger charge is -2.24. The summed E-state index contributed by atoms with van der Waals surface area (Å²) in [6, 6.07) is 1.36. The minimum atomic E-state index is -1.22. The molecule has 1 aliphatic rings. The Labute approximate surface area is 122 Å². The summed E-state index contributed by atoms with van der Waals surface area (Å²) in [6.07, 6.45) is -1.97. The molecule has 0 saturated carbocycles. The minimum absolute atomic E-state index is 0.00414. The highest BCUT2D eigenvalue weighted by Crippen LogP contribution is 2.35. The minimum Gasteiger partial charge on any atom is -0.388 e. The van der Waals surface area contributed by atoms with Crippen molar-refractivity contribution in [3.05, 3.63) is 22.7 Å². The van der Waals surface area contributed by atoms with Gasteiger partial charge in [0.2, 0.25) is 0 Å². The molecule has 1 aromatic heterocycles. The molecule has 1 aliphatic heterocycles. The van der Waals surface area contributed by atoms with Gasteiger partial charge >= 0.3 is 5.69 Å². The zero-order valence-electron chi connectivity index (χ0n) is 12.2. The van der Waals surface area contributed by atoms with Crippen LogP contribution >= 0.6 is 0 Å². The second kappa shape index (κ2) is 5.72. The lowest BCUT2D eigenvalue weighted by Crippen LogP contribution is -2.36. The Kier molecular flexibility index (Phi) is 4.33. The van der Waals surface area contributed by atoms with Gasteiger partial charge in [0.25, 0.3) is 0 Å². The van der Waals surface area contributed by atoms with Gasteiger partial charge in [0.15, 0.2) is 12.0 Å². The molecule has 2 heterocycles. The first kappa shape index (κ1) is 15.9. The van der Waals surface area contributed by atoms with Crippen LogP contribution in [-0.2, 0) is 4.74 Å². The van der Waals surface area contributed by atoms with E-state index in [0.29, 0.717) is 6.42 Å². The van der Waals surface area contributed by atoms with E-state index in [9.17, 15) is 15.0 Å². The van der Waals surface area contributed by atoms with Crippen molar-refractivity contribution >= 4 is 5.82 Å². The fourth-order valence-corrected chi connectivity index (χ4v) is 2.40. The van der Waals surface area contributed by atoms with Gasteiger partial charge in [0, 0.05) is 6.20 Å². The van der Waals surface area contributed by atoms with Gasteiger partial charge in [0.1, 0.15) is 12.2 Å². The first-order valence-electron chi connectivity index (χ1n) is 6.74. The first-order valence-corrected chi connectivity index (χ1v) is 6.74. The van der Waals surface area contributed by atoms with Crippen LogP contribution in [-0.4, -0.2) is 43.3 Å². The smallest absolute Gasteiger partial charge is 0.351 e. The van der Waals surface area contributed by atoms with Gasteiger partial charge in [-0.3, -0.25) is 15.3 Å². The largest absolute Gasteiger partial charge is 0.388 e. The number of aliphatic hydroxyl groups excluding tert-OH is 2. The highest BCUT2D eigenvalue weighted by atomic mass is 16.6. The zero-order chi connectivity index (χ0) is 15.8. The molecule has 2 rings (SSSR count). The molecule has 0 aliphatic carbocycles. The molecule has 8 nitrogen and oxygen atoms in total. The summed E-state index contributed by atoms with van der Waals surface area (Å²) in [7, 11) is 0. The summed E-state index contributed by atoms with van der Waals surface area (Å²) >= 11 is 0. The van der Waals surface area contributed by atoms with Crippen LogP contribution in [0, 0.1) is 5.41 Å². The number of rotatable bonds is 3. The average Bonchev–Trinajstić information content (AvgIpc) is 2.65. The maximum absolute atomic E-state index is 11.9. The van der Waals surface area contributed by atoms with Crippen LogP contribution in [0.2, 0.25) is 0 Å². The van der Waals surface area contributed by atoms with Gasteiger partial charge in [-0.15, -0.1) is 0 Å². The molecule has 1 saturated heterocycles. The second-order valence-electron chi connectivity index (χ2n) is 6.43. The van der Waals surface area contributed by atoms with E-state index in [2.05, 4.69) is 4.98 Å². The highest BCUT2D eigenvalue weighted by Gasteiger charge is 2.45. The Bertz CT molecular complexity index is 553. The van der Waals surface area contributed by atoms with Crippen molar-refractivity contribution in [3.8, 4) is 0 Å². The highest BCUT2D eigenvalue weighted by molar-refractivity contribution is 5.28. The third-order valence-electron chi connectivity index (χ3n) is 3.37. The molecule has 1 aromatic rings.